The minimum atomic E-state index is -0.829. The van der Waals surface area contributed by atoms with Gasteiger partial charge in [0.15, 0.2) is 0 Å². The molecule has 0 aliphatic rings. The molecule has 0 aliphatic carbocycles. The van der Waals surface area contributed by atoms with Crippen molar-refractivity contribution in [2.75, 3.05) is 31.6 Å². The molecule has 0 spiro atoms. The van der Waals surface area contributed by atoms with Crippen molar-refractivity contribution in [1.29, 1.82) is 0 Å². The minimum absolute atomic E-state index is 0.0431. The van der Waals surface area contributed by atoms with E-state index in [4.69, 9.17) is 4.74 Å². The fourth-order valence-corrected chi connectivity index (χ4v) is 5.02. The van der Waals surface area contributed by atoms with E-state index in [2.05, 4.69) is 44.1 Å². The van der Waals surface area contributed by atoms with Crippen LogP contribution in [0.1, 0.15) is 110 Å². The lowest BCUT2D eigenvalue weighted by Gasteiger charge is -2.30. The number of halogens is 1. The fraction of sp³-hybridized carbons (Fsp3) is 0.706. The highest BCUT2D eigenvalue weighted by atomic mass is 79.9. The van der Waals surface area contributed by atoms with Crippen molar-refractivity contribution in [2.24, 2.45) is 10.8 Å². The first kappa shape index (κ1) is 39.6. The molecule has 0 saturated heterocycles. The first-order valence-electron chi connectivity index (χ1n) is 16.0. The maximum atomic E-state index is 13.3. The molecule has 1 aromatic rings. The maximum Gasteiger partial charge on any atom is 0.242 e. The van der Waals surface area contributed by atoms with Gasteiger partial charge in [-0.2, -0.15) is 0 Å². The molecule has 0 radical (unpaired) electrons. The van der Waals surface area contributed by atoms with Crippen molar-refractivity contribution in [3.05, 3.63) is 27.2 Å². The number of hydrogen-bond acceptors (Lipinski definition) is 5. The van der Waals surface area contributed by atoms with Crippen molar-refractivity contribution in [3.63, 3.8) is 0 Å². The van der Waals surface area contributed by atoms with Crippen molar-refractivity contribution in [3.8, 4) is 0 Å². The van der Waals surface area contributed by atoms with Crippen LogP contribution in [-0.2, 0) is 23.9 Å². The van der Waals surface area contributed by atoms with Gasteiger partial charge in [-0.05, 0) is 56.7 Å². The molecule has 0 bridgehead atoms. The first-order valence-corrected chi connectivity index (χ1v) is 16.8. The summed E-state index contributed by atoms with van der Waals surface area (Å²) < 4.78 is 6.96. The maximum absolute atomic E-state index is 13.3. The highest BCUT2D eigenvalue weighted by Gasteiger charge is 2.27. The zero-order chi connectivity index (χ0) is 33.5. The largest absolute Gasteiger partial charge is 0.380 e. The molecule has 0 fully saturated rings. The van der Waals surface area contributed by atoms with Gasteiger partial charge in [0.1, 0.15) is 6.04 Å². The average Bonchev–Trinajstić information content (AvgIpc) is 2.94. The van der Waals surface area contributed by atoms with Crippen molar-refractivity contribution < 1.29 is 23.9 Å². The Kier molecular flexibility index (Phi) is 17.2. The molecule has 0 aromatic heterocycles. The summed E-state index contributed by atoms with van der Waals surface area (Å²) in [5, 5.41) is 11.8. The first-order chi connectivity index (χ1) is 20.5. The summed E-state index contributed by atoms with van der Waals surface area (Å²) in [6, 6.07) is 1.18. The normalized spacial score (nSPS) is 12.4. The third kappa shape index (κ3) is 15.0. The zero-order valence-electron chi connectivity index (χ0n) is 28.6. The molecular formula is C34H57BrN4O5. The van der Waals surface area contributed by atoms with Gasteiger partial charge in [-0.3, -0.25) is 19.2 Å². The van der Waals surface area contributed by atoms with E-state index in [1.54, 1.807) is 0 Å². The molecule has 0 heterocycles. The van der Waals surface area contributed by atoms with Gasteiger partial charge in [0.05, 0.1) is 13.2 Å². The summed E-state index contributed by atoms with van der Waals surface area (Å²) in [7, 11) is 0. The number of hydrogen-bond donors (Lipinski definition) is 4. The third-order valence-electron chi connectivity index (χ3n) is 7.43. The van der Waals surface area contributed by atoms with Crippen molar-refractivity contribution in [1.82, 2.24) is 16.0 Å². The average molecular weight is 682 g/mol. The Morgan fingerprint density at radius 3 is 2.00 bits per heavy atom. The van der Waals surface area contributed by atoms with Crippen LogP contribution < -0.4 is 21.3 Å². The smallest absolute Gasteiger partial charge is 0.242 e. The van der Waals surface area contributed by atoms with E-state index in [9.17, 15) is 19.2 Å². The lowest BCUT2D eigenvalue weighted by molar-refractivity contribution is -0.130. The molecule has 9 nitrogen and oxygen atoms in total. The second kappa shape index (κ2) is 19.1. The number of aryl methyl sites for hydroxylation is 2. The third-order valence-corrected chi connectivity index (χ3v) is 8.65. The number of ether oxygens (including phenoxy) is 1. The molecule has 4 amide bonds. The van der Waals surface area contributed by atoms with Gasteiger partial charge in [0.25, 0.3) is 0 Å². The molecule has 0 saturated carbocycles. The Morgan fingerprint density at radius 1 is 0.795 bits per heavy atom. The van der Waals surface area contributed by atoms with E-state index in [0.717, 1.165) is 52.5 Å². The van der Waals surface area contributed by atoms with Gasteiger partial charge >= 0.3 is 0 Å². The van der Waals surface area contributed by atoms with Crippen LogP contribution in [0.15, 0.2) is 10.5 Å². The van der Waals surface area contributed by atoms with Gasteiger partial charge in [-0.25, -0.2) is 0 Å². The number of anilines is 1. The molecule has 4 N–H and O–H groups in total. The minimum Gasteiger partial charge on any atom is -0.380 e. The van der Waals surface area contributed by atoms with Crippen LogP contribution in [0.2, 0.25) is 0 Å². The highest BCUT2D eigenvalue weighted by molar-refractivity contribution is 9.10. The van der Waals surface area contributed by atoms with Crippen LogP contribution in [0.4, 0.5) is 5.69 Å². The summed E-state index contributed by atoms with van der Waals surface area (Å²) in [5.74, 6) is -0.683. The molecular weight excluding hydrogens is 624 g/mol. The van der Waals surface area contributed by atoms with E-state index in [1.165, 1.54) is 0 Å². The van der Waals surface area contributed by atoms with E-state index in [1.807, 2.05) is 61.5 Å². The number of rotatable bonds is 20. The van der Waals surface area contributed by atoms with E-state index >= 15 is 0 Å². The lowest BCUT2D eigenvalue weighted by Crippen LogP contribution is -2.49. The molecule has 44 heavy (non-hydrogen) atoms. The zero-order valence-corrected chi connectivity index (χ0v) is 30.1. The van der Waals surface area contributed by atoms with Crippen molar-refractivity contribution in [2.45, 2.75) is 120 Å². The monoisotopic (exact) mass is 680 g/mol. The summed E-state index contributed by atoms with van der Waals surface area (Å²) >= 11 is 3.59. The highest BCUT2D eigenvalue weighted by Crippen LogP contribution is 2.31. The van der Waals surface area contributed by atoms with E-state index in [0.29, 0.717) is 39.1 Å². The molecule has 250 valence electrons. The summed E-state index contributed by atoms with van der Waals surface area (Å²) in [5.41, 5.74) is 3.15. The van der Waals surface area contributed by atoms with E-state index in [-0.39, 0.29) is 47.3 Å². The predicted molar refractivity (Wildman–Crippen MR) is 182 cm³/mol. The van der Waals surface area contributed by atoms with Gasteiger partial charge in [-0.1, -0.05) is 76.4 Å². The molecule has 1 rings (SSSR count). The summed E-state index contributed by atoms with van der Waals surface area (Å²) in [6.07, 6.45) is 4.60. The summed E-state index contributed by atoms with van der Waals surface area (Å²) in [6.45, 7) is 19.8. The van der Waals surface area contributed by atoms with Gasteiger partial charge in [-0.15, -0.1) is 0 Å². The SMILES string of the molecule is CCCCCC(=O)N[C@@H](CCC(=O)Nc1c(C)cc(C)c(Br)c1C)C(=O)NCC(C)(C)COCC(C)(C)CNC(=O)CCC. The number of benzene rings is 1. The predicted octanol–water partition coefficient (Wildman–Crippen LogP) is 6.26. The Hall–Kier alpha value is -2.46. The van der Waals surface area contributed by atoms with Gasteiger partial charge in [0.2, 0.25) is 23.6 Å². The number of unbranched alkanes of at least 4 members (excludes halogenated alkanes) is 2. The number of amides is 4. The van der Waals surface area contributed by atoms with Crippen LogP contribution in [0, 0.1) is 31.6 Å². The molecule has 0 aliphatic heterocycles. The second-order valence-electron chi connectivity index (χ2n) is 13.6. The lowest BCUT2D eigenvalue weighted by atomic mass is 9.92. The second-order valence-corrected chi connectivity index (χ2v) is 14.3. The standard InChI is InChI=1S/C34H57BrN4O5/c1-10-12-13-15-28(41)38-26(16-17-29(42)39-31-24(4)18-23(3)30(35)25(31)5)32(43)37-20-34(8,9)22-44-21-33(6,7)19-36-27(40)14-11-2/h18,26H,10-17,19-22H2,1-9H3,(H,36,40)(H,37,43)(H,38,41)(H,39,42)/t26-/m0/s1. The van der Waals surface area contributed by atoms with Crippen LogP contribution >= 0.6 is 15.9 Å². The van der Waals surface area contributed by atoms with Crippen LogP contribution in [0.5, 0.6) is 0 Å². The van der Waals surface area contributed by atoms with Crippen LogP contribution in [0.3, 0.4) is 0 Å². The number of nitrogens with one attached hydrogen (secondary N) is 4. The Balaban J connectivity index is 2.77. The van der Waals surface area contributed by atoms with Gasteiger partial charge in [0, 0.05) is 53.3 Å². The fourth-order valence-electron chi connectivity index (χ4n) is 4.71. The Labute approximate surface area is 273 Å². The van der Waals surface area contributed by atoms with Crippen LogP contribution in [0.25, 0.3) is 0 Å². The van der Waals surface area contributed by atoms with E-state index < -0.39 is 6.04 Å². The molecule has 1 aromatic carbocycles. The Morgan fingerprint density at radius 2 is 1.41 bits per heavy atom. The molecule has 0 unspecified atom stereocenters. The number of carbonyl (C=O) groups excluding carboxylic acids is 4. The molecule has 1 atom stereocenters. The Bertz CT molecular complexity index is 1120. The van der Waals surface area contributed by atoms with Crippen LogP contribution in [-0.4, -0.2) is 56.0 Å². The van der Waals surface area contributed by atoms with Gasteiger partial charge < -0.3 is 26.0 Å². The number of carbonyl (C=O) groups is 4. The van der Waals surface area contributed by atoms with Crippen molar-refractivity contribution >= 4 is 45.2 Å². The topological polar surface area (TPSA) is 126 Å². The quantitative estimate of drug-likeness (QED) is 0.121. The molecule has 10 heteroatoms. The summed E-state index contributed by atoms with van der Waals surface area (Å²) in [4.78, 5) is 50.8.